The molecular weight excluding hydrogens is 886 g/mol. The molecule has 1 unspecified atom stereocenters. The number of imidazole rings is 1. The van der Waals surface area contributed by atoms with Gasteiger partial charge in [0.05, 0.1) is 62.7 Å². The van der Waals surface area contributed by atoms with E-state index in [0.717, 1.165) is 22.2 Å². The molecule has 332 valence electrons. The largest absolute Gasteiger partial charge is 0.387 e. The summed E-state index contributed by atoms with van der Waals surface area (Å²) < 4.78 is 0. The topological polar surface area (TPSA) is 189 Å². The van der Waals surface area contributed by atoms with Gasteiger partial charge in [-0.3, -0.25) is 4.79 Å². The van der Waals surface area contributed by atoms with Gasteiger partial charge in [0.2, 0.25) is 0 Å². The van der Waals surface area contributed by atoms with E-state index in [1.54, 1.807) is 90.1 Å². The van der Waals surface area contributed by atoms with E-state index >= 15 is 0 Å². The van der Waals surface area contributed by atoms with E-state index in [2.05, 4.69) is 25.9 Å². The van der Waals surface area contributed by atoms with Gasteiger partial charge >= 0.3 is 12.1 Å². The van der Waals surface area contributed by atoms with Crippen LogP contribution in [0.15, 0.2) is 109 Å². The lowest BCUT2D eigenvalue weighted by Crippen LogP contribution is -2.42. The molecule has 0 saturated carbocycles. The number of fused-ring (bicyclic) bond motifs is 1. The predicted octanol–water partition coefficient (Wildman–Crippen LogP) is 10.2. The van der Waals surface area contributed by atoms with Gasteiger partial charge in [0.15, 0.2) is 0 Å². The number of nitrogens with one attached hydrogen (secondary N) is 4. The lowest BCUT2D eigenvalue weighted by atomic mass is 10.1. The van der Waals surface area contributed by atoms with Crippen LogP contribution in [0.25, 0.3) is 11.0 Å². The molecule has 5 amide bonds. The molecule has 0 fully saturated rings. The Morgan fingerprint density at radius 1 is 0.651 bits per heavy atom. The maximum Gasteiger partial charge on any atom is 0.322 e. The third kappa shape index (κ3) is 13.8. The van der Waals surface area contributed by atoms with Crippen LogP contribution in [-0.2, 0) is 13.1 Å². The summed E-state index contributed by atoms with van der Waals surface area (Å²) in [5.41, 5.74) is 12.0. The first-order chi connectivity index (χ1) is 30.0. The summed E-state index contributed by atoms with van der Waals surface area (Å²) >= 11 is 23.9. The fourth-order valence-corrected chi connectivity index (χ4v) is 6.87. The Morgan fingerprint density at radius 3 is 1.57 bits per heavy atom. The van der Waals surface area contributed by atoms with Crippen molar-refractivity contribution in [3.8, 4) is 0 Å². The fraction of sp³-hybridized carbons (Fsp3) is 0.261. The van der Waals surface area contributed by atoms with Crippen molar-refractivity contribution in [2.24, 2.45) is 5.73 Å². The van der Waals surface area contributed by atoms with Crippen LogP contribution in [-0.4, -0.2) is 73.1 Å². The first kappa shape index (κ1) is 48.6. The van der Waals surface area contributed by atoms with Crippen molar-refractivity contribution < 1.29 is 24.6 Å². The highest BCUT2D eigenvalue weighted by atomic mass is 35.5. The van der Waals surface area contributed by atoms with Crippen LogP contribution in [0, 0.1) is 0 Å². The van der Waals surface area contributed by atoms with Gasteiger partial charge in [0.25, 0.3) is 5.91 Å². The minimum absolute atomic E-state index is 0.0793. The van der Waals surface area contributed by atoms with Crippen molar-refractivity contribution in [1.82, 2.24) is 25.1 Å². The molecule has 63 heavy (non-hydrogen) atoms. The average Bonchev–Trinajstić information content (AvgIpc) is 3.74. The van der Waals surface area contributed by atoms with Crippen LogP contribution in [0.2, 0.25) is 20.1 Å². The Morgan fingerprint density at radius 2 is 1.13 bits per heavy atom. The summed E-state index contributed by atoms with van der Waals surface area (Å²) in [6, 6.07) is 28.7. The third-order valence-corrected chi connectivity index (χ3v) is 11.4. The smallest absolute Gasteiger partial charge is 0.322 e. The van der Waals surface area contributed by atoms with E-state index in [4.69, 9.17) is 52.1 Å². The Bertz CT molecular complexity index is 2480. The van der Waals surface area contributed by atoms with Gasteiger partial charge in [0.1, 0.15) is 0 Å². The number of benzene rings is 5. The zero-order chi connectivity index (χ0) is 45.8. The average molecular weight is 937 g/mol. The van der Waals surface area contributed by atoms with Crippen LogP contribution >= 0.6 is 46.4 Å². The standard InChI is InChI=1S/C27H27Cl2N5O3.C19H23Cl2N3O2/c1-16(2)34(14-25(35)18-5-9-21(28)22(29)11-18)27(37)33-20-7-3-17(4-8-20)13-30-26(36)19-6-10-23-24(12-19)32-15-31-23;1-12(2)24(11-18(25)14-5-8-16(20)17(21)9-14)19(26)23-15-6-3-13(10-22)4-7-15/h3-12,15-16,25,35H,13-14H2,1-2H3,(H,30,36)(H,31,32)(H,33,37);3-9,12,18,25H,10-11,22H2,1-2H3,(H,23,26)/t25-;/m1./s1. The van der Waals surface area contributed by atoms with Gasteiger partial charge in [-0.2, -0.15) is 0 Å². The van der Waals surface area contributed by atoms with E-state index in [9.17, 15) is 24.6 Å². The summed E-state index contributed by atoms with van der Waals surface area (Å²) in [6.07, 6.45) is -0.217. The first-order valence-corrected chi connectivity index (χ1v) is 21.5. The van der Waals surface area contributed by atoms with Gasteiger partial charge in [0, 0.05) is 42.1 Å². The van der Waals surface area contributed by atoms with E-state index < -0.39 is 12.2 Å². The molecule has 2 atom stereocenters. The number of aromatic amines is 1. The van der Waals surface area contributed by atoms with Crippen LogP contribution < -0.4 is 21.7 Å². The van der Waals surface area contributed by atoms with Crippen LogP contribution in [0.5, 0.6) is 0 Å². The van der Waals surface area contributed by atoms with Gasteiger partial charge < -0.3 is 46.7 Å². The lowest BCUT2D eigenvalue weighted by molar-refractivity contribution is 0.0951. The van der Waals surface area contributed by atoms with E-state index in [1.165, 1.54) is 4.90 Å². The number of rotatable bonds is 14. The monoisotopic (exact) mass is 934 g/mol. The molecule has 0 spiro atoms. The number of aliphatic hydroxyl groups is 2. The maximum absolute atomic E-state index is 13.0. The van der Waals surface area contributed by atoms with Crippen LogP contribution in [0.3, 0.4) is 0 Å². The van der Waals surface area contributed by atoms with Crippen molar-refractivity contribution in [2.45, 2.75) is 65.1 Å². The second-order valence-electron chi connectivity index (χ2n) is 15.1. The lowest BCUT2D eigenvalue weighted by Gasteiger charge is -2.29. The molecule has 0 aliphatic heterocycles. The van der Waals surface area contributed by atoms with Crippen molar-refractivity contribution in [3.05, 3.63) is 157 Å². The van der Waals surface area contributed by atoms with E-state index in [1.807, 2.05) is 52.0 Å². The van der Waals surface area contributed by atoms with Crippen molar-refractivity contribution in [1.29, 1.82) is 0 Å². The van der Waals surface area contributed by atoms with Gasteiger partial charge in [-0.05, 0) is 117 Å². The van der Waals surface area contributed by atoms with Crippen molar-refractivity contribution in [3.63, 3.8) is 0 Å². The number of H-pyrrole nitrogens is 1. The maximum atomic E-state index is 13.0. The Kier molecular flexibility index (Phi) is 17.6. The SMILES string of the molecule is CC(C)N(CC(O)c1ccc(Cl)c(Cl)c1)C(=O)Nc1ccc(CN)cc1.CC(C)N(C[C@@H](O)c1ccc(Cl)c(Cl)c1)C(=O)Nc1ccc(CNC(=O)c2ccc3nc[nH]c3c2)cc1. The summed E-state index contributed by atoms with van der Waals surface area (Å²) in [6.45, 7) is 8.51. The first-order valence-electron chi connectivity index (χ1n) is 20.0. The number of halogens is 4. The number of urea groups is 2. The van der Waals surface area contributed by atoms with E-state index in [-0.39, 0.29) is 43.1 Å². The van der Waals surface area contributed by atoms with Crippen molar-refractivity contribution >= 4 is 86.8 Å². The molecule has 6 rings (SSSR count). The summed E-state index contributed by atoms with van der Waals surface area (Å²) in [5, 5.41) is 31.3. The molecule has 0 aliphatic carbocycles. The predicted molar refractivity (Wildman–Crippen MR) is 253 cm³/mol. The summed E-state index contributed by atoms with van der Waals surface area (Å²) in [5.74, 6) is -0.193. The zero-order valence-corrected chi connectivity index (χ0v) is 38.1. The molecular formula is C46H50Cl4N8O5. The molecule has 8 N–H and O–H groups in total. The Hall–Kier alpha value is -5.38. The fourth-order valence-electron chi connectivity index (χ4n) is 6.26. The van der Waals surface area contributed by atoms with Crippen molar-refractivity contribution in [2.75, 3.05) is 23.7 Å². The molecule has 0 aliphatic rings. The van der Waals surface area contributed by atoms with Gasteiger partial charge in [-0.15, -0.1) is 0 Å². The number of nitrogens with two attached hydrogens (primary N) is 1. The number of amides is 5. The van der Waals surface area contributed by atoms with Crippen LogP contribution in [0.1, 0.15) is 72.5 Å². The second kappa shape index (κ2) is 22.8. The number of anilines is 2. The molecule has 0 radical (unpaired) electrons. The molecule has 5 aromatic carbocycles. The Labute approximate surface area is 386 Å². The number of carbonyl (C=O) groups excluding carboxylic acids is 3. The molecule has 13 nitrogen and oxygen atoms in total. The normalized spacial score (nSPS) is 12.0. The molecule has 17 heteroatoms. The molecule has 0 saturated heterocycles. The number of aromatic nitrogens is 2. The summed E-state index contributed by atoms with van der Waals surface area (Å²) in [7, 11) is 0. The molecule has 1 aromatic heterocycles. The highest BCUT2D eigenvalue weighted by Crippen LogP contribution is 2.28. The molecule has 1 heterocycles. The summed E-state index contributed by atoms with van der Waals surface area (Å²) in [4.78, 5) is 48.4. The number of carbonyl (C=O) groups is 3. The highest BCUT2D eigenvalue weighted by Gasteiger charge is 2.24. The van der Waals surface area contributed by atoms with Gasteiger partial charge in [-0.1, -0.05) is 82.8 Å². The highest BCUT2D eigenvalue weighted by molar-refractivity contribution is 6.42. The number of hydrogen-bond acceptors (Lipinski definition) is 7. The number of aliphatic hydroxyl groups excluding tert-OH is 2. The second-order valence-corrected chi connectivity index (χ2v) is 16.8. The minimum atomic E-state index is -0.928. The molecule has 0 bridgehead atoms. The number of hydrogen-bond donors (Lipinski definition) is 7. The number of nitrogens with zero attached hydrogens (tertiary/aromatic N) is 3. The zero-order valence-electron chi connectivity index (χ0n) is 35.1. The molecule has 6 aromatic rings. The van der Waals surface area contributed by atoms with Gasteiger partial charge in [-0.25, -0.2) is 14.6 Å². The van der Waals surface area contributed by atoms with Crippen LogP contribution in [0.4, 0.5) is 21.0 Å². The Balaban J connectivity index is 0.000000253. The minimum Gasteiger partial charge on any atom is -0.387 e. The van der Waals surface area contributed by atoms with E-state index in [0.29, 0.717) is 61.2 Å². The quantitative estimate of drug-likeness (QED) is 0.0566. The third-order valence-electron chi connectivity index (χ3n) is 9.95.